The lowest BCUT2D eigenvalue weighted by atomic mass is 10.0. The molecule has 3 nitrogen and oxygen atoms in total. The highest BCUT2D eigenvalue weighted by molar-refractivity contribution is 5.39. The zero-order valence-corrected chi connectivity index (χ0v) is 10.3. The van der Waals surface area contributed by atoms with Gasteiger partial charge in [-0.15, -0.1) is 0 Å². The first-order valence-electron chi connectivity index (χ1n) is 5.75. The summed E-state index contributed by atoms with van der Waals surface area (Å²) < 4.78 is 37.5. The third kappa shape index (κ3) is 4.18. The lowest BCUT2D eigenvalue weighted by molar-refractivity contribution is -0.137. The Bertz CT molecular complexity index is 380. The smallest absolute Gasteiger partial charge is 0.396 e. The van der Waals surface area contributed by atoms with Crippen molar-refractivity contribution in [1.82, 2.24) is 4.98 Å². The Balaban J connectivity index is 2.83. The third-order valence-electron chi connectivity index (χ3n) is 2.67. The fourth-order valence-corrected chi connectivity index (χ4v) is 1.59. The average molecular weight is 262 g/mol. The quantitative estimate of drug-likeness (QED) is 0.857. The van der Waals surface area contributed by atoms with E-state index in [1.54, 1.807) is 0 Å². The normalized spacial score (nSPS) is 13.7. The Hall–Kier alpha value is -1.30. The zero-order valence-electron chi connectivity index (χ0n) is 10.3. The number of nitrogens with zero attached hydrogens (tertiary/aromatic N) is 1. The number of hydrogen-bond donors (Lipinski definition) is 2. The molecule has 102 valence electrons. The number of aliphatic hydroxyl groups is 1. The lowest BCUT2D eigenvalue weighted by Gasteiger charge is -2.22. The van der Waals surface area contributed by atoms with Gasteiger partial charge in [-0.05, 0) is 24.5 Å². The van der Waals surface area contributed by atoms with Crippen molar-refractivity contribution in [1.29, 1.82) is 0 Å². The van der Waals surface area contributed by atoms with Crippen LogP contribution >= 0.6 is 0 Å². The minimum atomic E-state index is -4.37. The number of aliphatic hydroxyl groups excluding tert-OH is 1. The molecule has 0 radical (unpaired) electrons. The molecule has 1 aromatic rings. The summed E-state index contributed by atoms with van der Waals surface area (Å²) in [5.74, 6) is 0.366. The summed E-state index contributed by atoms with van der Waals surface area (Å²) in [6, 6.07) is 1.81. The van der Waals surface area contributed by atoms with E-state index in [1.165, 1.54) is 0 Å². The van der Waals surface area contributed by atoms with Gasteiger partial charge in [0.1, 0.15) is 5.82 Å². The van der Waals surface area contributed by atoms with Crippen molar-refractivity contribution in [3.8, 4) is 0 Å². The lowest BCUT2D eigenvalue weighted by Crippen LogP contribution is -2.27. The van der Waals surface area contributed by atoms with E-state index in [0.29, 0.717) is 6.42 Å². The Labute approximate surface area is 104 Å². The third-order valence-corrected chi connectivity index (χ3v) is 2.67. The van der Waals surface area contributed by atoms with Crippen LogP contribution in [-0.2, 0) is 6.18 Å². The number of halogens is 3. The summed E-state index contributed by atoms with van der Waals surface area (Å²) in [7, 11) is 0. The molecule has 6 heteroatoms. The molecule has 1 atom stereocenters. The van der Waals surface area contributed by atoms with Crippen molar-refractivity contribution in [2.24, 2.45) is 5.92 Å². The molecule has 0 amide bonds. The number of nitrogens with one attached hydrogen (secondary N) is 1. The Morgan fingerprint density at radius 1 is 1.39 bits per heavy atom. The first kappa shape index (κ1) is 14.8. The summed E-state index contributed by atoms with van der Waals surface area (Å²) in [4.78, 5) is 3.86. The Morgan fingerprint density at radius 3 is 2.56 bits per heavy atom. The molecule has 2 N–H and O–H groups in total. The number of rotatable bonds is 5. The van der Waals surface area contributed by atoms with Crippen LogP contribution in [0.1, 0.15) is 25.8 Å². The van der Waals surface area contributed by atoms with Crippen LogP contribution in [0.3, 0.4) is 0 Å². The van der Waals surface area contributed by atoms with Crippen LogP contribution in [0.15, 0.2) is 18.3 Å². The van der Waals surface area contributed by atoms with Gasteiger partial charge in [0.05, 0.1) is 5.56 Å². The molecule has 0 fully saturated rings. The summed E-state index contributed by atoms with van der Waals surface area (Å²) in [5.41, 5.74) is -0.730. The maximum absolute atomic E-state index is 12.5. The molecule has 0 aliphatic heterocycles. The van der Waals surface area contributed by atoms with Crippen molar-refractivity contribution in [2.45, 2.75) is 32.5 Å². The first-order chi connectivity index (χ1) is 8.34. The van der Waals surface area contributed by atoms with Crippen LogP contribution < -0.4 is 5.32 Å². The summed E-state index contributed by atoms with van der Waals surface area (Å²) in [6.45, 7) is 3.84. The van der Waals surface area contributed by atoms with Crippen molar-refractivity contribution in [2.75, 3.05) is 11.9 Å². The molecule has 1 heterocycles. The van der Waals surface area contributed by atoms with Gasteiger partial charge in [-0.25, -0.2) is 4.98 Å². The number of anilines is 1. The van der Waals surface area contributed by atoms with Crippen molar-refractivity contribution in [3.05, 3.63) is 23.9 Å². The largest absolute Gasteiger partial charge is 0.416 e. The van der Waals surface area contributed by atoms with Gasteiger partial charge in [-0.2, -0.15) is 13.2 Å². The van der Waals surface area contributed by atoms with Crippen LogP contribution in [-0.4, -0.2) is 22.7 Å². The predicted octanol–water partition coefficient (Wildman–Crippen LogP) is 2.92. The van der Waals surface area contributed by atoms with Gasteiger partial charge in [-0.3, -0.25) is 0 Å². The SMILES string of the molecule is CC(C)C(CCO)Nc1cc(C(F)(F)F)ccn1. The zero-order chi connectivity index (χ0) is 13.8. The van der Waals surface area contributed by atoms with E-state index in [1.807, 2.05) is 13.8 Å². The topological polar surface area (TPSA) is 45.1 Å². The van der Waals surface area contributed by atoms with E-state index in [4.69, 9.17) is 5.11 Å². The van der Waals surface area contributed by atoms with Gasteiger partial charge < -0.3 is 10.4 Å². The van der Waals surface area contributed by atoms with E-state index < -0.39 is 11.7 Å². The molecule has 1 unspecified atom stereocenters. The van der Waals surface area contributed by atoms with Crippen LogP contribution in [0, 0.1) is 5.92 Å². The Kier molecular flexibility index (Phi) is 4.95. The fraction of sp³-hybridized carbons (Fsp3) is 0.583. The van der Waals surface area contributed by atoms with E-state index in [2.05, 4.69) is 10.3 Å². The molecule has 1 aromatic heterocycles. The second-order valence-corrected chi connectivity index (χ2v) is 4.43. The fourth-order valence-electron chi connectivity index (χ4n) is 1.59. The predicted molar refractivity (Wildman–Crippen MR) is 63.2 cm³/mol. The van der Waals surface area contributed by atoms with Crippen LogP contribution in [0.25, 0.3) is 0 Å². The molecular formula is C12H17F3N2O. The van der Waals surface area contributed by atoms with Crippen LogP contribution in [0.4, 0.5) is 19.0 Å². The standard InChI is InChI=1S/C12H17F3N2O/c1-8(2)10(4-6-18)17-11-7-9(3-5-16-11)12(13,14)15/h3,5,7-8,10,18H,4,6H2,1-2H3,(H,16,17). The molecule has 1 rings (SSSR count). The van der Waals surface area contributed by atoms with Crippen LogP contribution in [0.5, 0.6) is 0 Å². The maximum Gasteiger partial charge on any atom is 0.416 e. The van der Waals surface area contributed by atoms with E-state index in [0.717, 1.165) is 18.3 Å². The van der Waals surface area contributed by atoms with Gasteiger partial charge in [0.25, 0.3) is 0 Å². The Morgan fingerprint density at radius 2 is 2.06 bits per heavy atom. The molecule has 0 aromatic carbocycles. The van der Waals surface area contributed by atoms with Gasteiger partial charge in [-0.1, -0.05) is 13.8 Å². The van der Waals surface area contributed by atoms with E-state index in [-0.39, 0.29) is 24.4 Å². The van der Waals surface area contributed by atoms with Gasteiger partial charge in [0.15, 0.2) is 0 Å². The summed E-state index contributed by atoms with van der Waals surface area (Å²) in [6.07, 6.45) is -2.78. The minimum Gasteiger partial charge on any atom is -0.396 e. The van der Waals surface area contributed by atoms with Gasteiger partial charge in [0.2, 0.25) is 0 Å². The second-order valence-electron chi connectivity index (χ2n) is 4.43. The average Bonchev–Trinajstić information content (AvgIpc) is 2.27. The molecule has 18 heavy (non-hydrogen) atoms. The molecule has 0 spiro atoms. The monoisotopic (exact) mass is 262 g/mol. The summed E-state index contributed by atoms with van der Waals surface area (Å²) >= 11 is 0. The number of aromatic nitrogens is 1. The highest BCUT2D eigenvalue weighted by atomic mass is 19.4. The molecule has 0 saturated heterocycles. The van der Waals surface area contributed by atoms with Gasteiger partial charge in [0, 0.05) is 18.8 Å². The summed E-state index contributed by atoms with van der Waals surface area (Å²) in [5, 5.41) is 11.8. The number of pyridine rings is 1. The molecular weight excluding hydrogens is 245 g/mol. The maximum atomic E-state index is 12.5. The van der Waals surface area contributed by atoms with Crippen molar-refractivity contribution in [3.63, 3.8) is 0 Å². The second kappa shape index (κ2) is 6.04. The highest BCUT2D eigenvalue weighted by Gasteiger charge is 2.30. The number of alkyl halides is 3. The number of hydrogen-bond acceptors (Lipinski definition) is 3. The van der Waals surface area contributed by atoms with E-state index in [9.17, 15) is 13.2 Å². The van der Waals surface area contributed by atoms with Gasteiger partial charge >= 0.3 is 6.18 Å². The van der Waals surface area contributed by atoms with Crippen LogP contribution in [0.2, 0.25) is 0 Å². The van der Waals surface area contributed by atoms with E-state index >= 15 is 0 Å². The highest BCUT2D eigenvalue weighted by Crippen LogP contribution is 2.30. The molecule has 0 aliphatic carbocycles. The molecule has 0 aliphatic rings. The van der Waals surface area contributed by atoms with Crippen molar-refractivity contribution >= 4 is 5.82 Å². The first-order valence-corrected chi connectivity index (χ1v) is 5.75. The van der Waals surface area contributed by atoms with Crippen molar-refractivity contribution < 1.29 is 18.3 Å². The minimum absolute atomic E-state index is 0.0190. The molecule has 0 bridgehead atoms. The molecule has 0 saturated carbocycles.